The van der Waals surface area contributed by atoms with Gasteiger partial charge in [0, 0.05) is 29.0 Å². The van der Waals surface area contributed by atoms with Gasteiger partial charge < -0.3 is 14.3 Å². The van der Waals surface area contributed by atoms with Crippen LogP contribution < -0.4 is 9.47 Å². The fraction of sp³-hybridized carbons (Fsp3) is 0.591. The molecule has 6 atom stereocenters. The van der Waals surface area contributed by atoms with Crippen molar-refractivity contribution in [3.63, 3.8) is 0 Å². The lowest BCUT2D eigenvalue weighted by Gasteiger charge is -2.31. The van der Waals surface area contributed by atoms with Crippen molar-refractivity contribution < 1.29 is 23.9 Å². The molecule has 0 aromatic heterocycles. The maximum atomic E-state index is 13.3. The van der Waals surface area contributed by atoms with Crippen LogP contribution >= 0.6 is 0 Å². The zero-order chi connectivity index (χ0) is 20.7. The van der Waals surface area contributed by atoms with E-state index in [1.165, 1.54) is 4.90 Å². The van der Waals surface area contributed by atoms with Gasteiger partial charge in [-0.15, -0.1) is 0 Å². The predicted octanol–water partition coefficient (Wildman–Crippen LogP) is 2.47. The Morgan fingerprint density at radius 2 is 1.72 bits per heavy atom. The number of ether oxygens (including phenoxy) is 2. The molecule has 2 aliphatic carbocycles. The van der Waals surface area contributed by atoms with E-state index < -0.39 is 5.54 Å². The van der Waals surface area contributed by atoms with Crippen LogP contribution in [0, 0.1) is 29.6 Å². The third-order valence-corrected chi connectivity index (χ3v) is 7.05. The minimum atomic E-state index is -0.510. The largest absolute Gasteiger partial charge is 0.497 e. The summed E-state index contributed by atoms with van der Waals surface area (Å²) in [6.07, 6.45) is 0.678. The first kappa shape index (κ1) is 18.5. The monoisotopic (exact) mass is 398 g/mol. The summed E-state index contributed by atoms with van der Waals surface area (Å²) in [5.41, 5.74) is 1.16. The summed E-state index contributed by atoms with van der Waals surface area (Å²) >= 11 is 0. The number of fused-ring (bicyclic) bond motifs is 8. The molecule has 0 unspecified atom stereocenters. The van der Waals surface area contributed by atoms with Gasteiger partial charge in [0.2, 0.25) is 11.8 Å². The summed E-state index contributed by atoms with van der Waals surface area (Å²) in [7, 11) is 3.23. The molecular formula is C22H26N2O5. The summed E-state index contributed by atoms with van der Waals surface area (Å²) in [5.74, 6) is 0.827. The fourth-order valence-electron chi connectivity index (χ4n) is 6.02. The first-order valence-electron chi connectivity index (χ1n) is 10.1. The summed E-state index contributed by atoms with van der Waals surface area (Å²) in [6.45, 7) is 5.74. The molecule has 2 bridgehead atoms. The number of hydrogen-bond acceptors (Lipinski definition) is 6. The molecule has 0 radical (unpaired) electrons. The third kappa shape index (κ3) is 2.33. The van der Waals surface area contributed by atoms with Crippen LogP contribution in [0.4, 0.5) is 0 Å². The number of likely N-dealkylation sites (tertiary alicyclic amines) is 1. The number of nitrogens with zero attached hydrogens (tertiary/aromatic N) is 2. The molecule has 5 rings (SSSR count). The Morgan fingerprint density at radius 1 is 1.03 bits per heavy atom. The number of oxime groups is 1. The number of benzene rings is 1. The molecular weight excluding hydrogens is 372 g/mol. The summed E-state index contributed by atoms with van der Waals surface area (Å²) in [6, 6.07) is 5.62. The van der Waals surface area contributed by atoms with Gasteiger partial charge in [-0.1, -0.05) is 5.16 Å². The molecule has 7 heteroatoms. The van der Waals surface area contributed by atoms with Crippen LogP contribution in [-0.2, 0) is 14.4 Å². The Bertz CT molecular complexity index is 934. The Hall–Kier alpha value is -2.57. The van der Waals surface area contributed by atoms with Crippen molar-refractivity contribution >= 4 is 17.5 Å². The van der Waals surface area contributed by atoms with Gasteiger partial charge in [-0.2, -0.15) is 0 Å². The van der Waals surface area contributed by atoms with Gasteiger partial charge in [0.1, 0.15) is 17.6 Å². The van der Waals surface area contributed by atoms with Crippen LogP contribution in [0.25, 0.3) is 0 Å². The maximum absolute atomic E-state index is 13.3. The quantitative estimate of drug-likeness (QED) is 0.731. The number of amides is 2. The lowest BCUT2D eigenvalue weighted by atomic mass is 9.71. The predicted molar refractivity (Wildman–Crippen MR) is 105 cm³/mol. The number of rotatable bonds is 3. The van der Waals surface area contributed by atoms with Crippen LogP contribution in [-0.4, -0.2) is 48.3 Å². The zero-order valence-electron chi connectivity index (χ0n) is 17.3. The van der Waals surface area contributed by atoms with Crippen molar-refractivity contribution in [1.82, 2.24) is 4.90 Å². The SMILES string of the molecule is COc1ccc(C2=NO[C@@H]3[C@@H]4C[C@@H]([C@H]5C(=O)N(C(C)(C)C)C(=O)[C@@H]45)[C@H]23)c(OC)c1. The molecule has 1 saturated heterocycles. The van der Waals surface area contributed by atoms with Gasteiger partial charge in [0.25, 0.3) is 0 Å². The van der Waals surface area contributed by atoms with E-state index in [1.54, 1.807) is 14.2 Å². The lowest BCUT2D eigenvalue weighted by Crippen LogP contribution is -2.46. The molecule has 1 aromatic rings. The molecule has 2 aliphatic heterocycles. The van der Waals surface area contributed by atoms with E-state index in [0.29, 0.717) is 11.5 Å². The van der Waals surface area contributed by atoms with Crippen LogP contribution in [0.2, 0.25) is 0 Å². The molecule has 4 aliphatic rings. The molecule has 154 valence electrons. The average Bonchev–Trinajstić information content (AvgIpc) is 3.40. The van der Waals surface area contributed by atoms with E-state index in [0.717, 1.165) is 17.7 Å². The highest BCUT2D eigenvalue weighted by Crippen LogP contribution is 2.62. The molecule has 2 heterocycles. The summed E-state index contributed by atoms with van der Waals surface area (Å²) < 4.78 is 10.9. The molecule has 1 aromatic carbocycles. The molecule has 0 N–H and O–H groups in total. The number of carbonyl (C=O) groups excluding carboxylic acids is 2. The molecule has 0 spiro atoms. The van der Waals surface area contributed by atoms with Crippen LogP contribution in [0.1, 0.15) is 32.8 Å². The van der Waals surface area contributed by atoms with Crippen LogP contribution in [0.5, 0.6) is 11.5 Å². The minimum absolute atomic E-state index is 0.000197. The van der Waals surface area contributed by atoms with Crippen molar-refractivity contribution in [3.05, 3.63) is 23.8 Å². The first-order chi connectivity index (χ1) is 13.8. The fourth-order valence-corrected chi connectivity index (χ4v) is 6.02. The molecule has 29 heavy (non-hydrogen) atoms. The maximum Gasteiger partial charge on any atom is 0.234 e. The van der Waals surface area contributed by atoms with Gasteiger partial charge in [-0.3, -0.25) is 14.5 Å². The Labute approximate surface area is 170 Å². The number of hydrogen-bond donors (Lipinski definition) is 0. The Morgan fingerprint density at radius 3 is 2.34 bits per heavy atom. The van der Waals surface area contributed by atoms with Crippen molar-refractivity contribution in [3.8, 4) is 11.5 Å². The van der Waals surface area contributed by atoms with E-state index in [2.05, 4.69) is 5.16 Å². The standard InChI is InChI=1S/C22H26N2O5/c1-22(2,3)24-20(25)15-12-9-13(16(15)21(24)26)19-17(12)18(23-29-19)11-7-6-10(27-4)8-14(11)28-5/h6-8,12-13,15-17,19H,9H2,1-5H3/t12-,13+,15+,16-,17+,19+/m0/s1. The van der Waals surface area contributed by atoms with Crippen molar-refractivity contribution in [2.45, 2.75) is 38.8 Å². The molecule has 2 amide bonds. The summed E-state index contributed by atoms with van der Waals surface area (Å²) in [4.78, 5) is 33.7. The van der Waals surface area contributed by atoms with Gasteiger partial charge >= 0.3 is 0 Å². The topological polar surface area (TPSA) is 77.4 Å². The van der Waals surface area contributed by atoms with Crippen molar-refractivity contribution in [2.75, 3.05) is 14.2 Å². The molecule has 2 saturated carbocycles. The Balaban J connectivity index is 1.51. The van der Waals surface area contributed by atoms with Gasteiger partial charge in [0.05, 0.1) is 31.8 Å². The number of imide groups is 1. The van der Waals surface area contributed by atoms with Gasteiger partial charge in [0.15, 0.2) is 0 Å². The van der Waals surface area contributed by atoms with Crippen molar-refractivity contribution in [2.24, 2.45) is 34.7 Å². The minimum Gasteiger partial charge on any atom is -0.497 e. The first-order valence-corrected chi connectivity index (χ1v) is 10.1. The second-order valence-corrected chi connectivity index (χ2v) is 9.44. The van der Waals surface area contributed by atoms with E-state index in [9.17, 15) is 9.59 Å². The van der Waals surface area contributed by atoms with E-state index in [4.69, 9.17) is 14.3 Å². The normalized spacial score (nSPS) is 34.8. The second-order valence-electron chi connectivity index (χ2n) is 9.44. The smallest absolute Gasteiger partial charge is 0.234 e. The molecule has 7 nitrogen and oxygen atoms in total. The van der Waals surface area contributed by atoms with Gasteiger partial charge in [-0.25, -0.2) is 0 Å². The zero-order valence-corrected chi connectivity index (χ0v) is 17.3. The highest BCUT2D eigenvalue weighted by Gasteiger charge is 2.71. The van der Waals surface area contributed by atoms with Crippen LogP contribution in [0.15, 0.2) is 23.4 Å². The highest BCUT2D eigenvalue weighted by molar-refractivity contribution is 6.10. The van der Waals surface area contributed by atoms with E-state index >= 15 is 0 Å². The Kier molecular flexibility index (Phi) is 3.80. The molecule has 3 fully saturated rings. The summed E-state index contributed by atoms with van der Waals surface area (Å²) in [5, 5.41) is 4.40. The lowest BCUT2D eigenvalue weighted by molar-refractivity contribution is -0.146. The average molecular weight is 398 g/mol. The van der Waals surface area contributed by atoms with E-state index in [-0.39, 0.29) is 47.5 Å². The van der Waals surface area contributed by atoms with Crippen molar-refractivity contribution in [1.29, 1.82) is 0 Å². The second kappa shape index (κ2) is 5.97. The van der Waals surface area contributed by atoms with Crippen LogP contribution in [0.3, 0.4) is 0 Å². The third-order valence-electron chi connectivity index (χ3n) is 7.05. The highest BCUT2D eigenvalue weighted by atomic mass is 16.6. The van der Waals surface area contributed by atoms with E-state index in [1.807, 2.05) is 39.0 Å². The number of carbonyl (C=O) groups is 2. The number of methoxy groups -OCH3 is 2. The van der Waals surface area contributed by atoms with Gasteiger partial charge in [-0.05, 0) is 45.2 Å².